The lowest BCUT2D eigenvalue weighted by Gasteiger charge is -2.08. The molecule has 0 aromatic heterocycles. The smallest absolute Gasteiger partial charge is 0.305 e. The second-order valence-corrected chi connectivity index (χ2v) is 3.66. The molecule has 0 bridgehead atoms. The third-order valence-corrected chi connectivity index (χ3v) is 2.32. The van der Waals surface area contributed by atoms with E-state index in [1.54, 1.807) is 0 Å². The highest BCUT2D eigenvalue weighted by Gasteiger charge is 2.30. The molecule has 1 rings (SSSR count). The van der Waals surface area contributed by atoms with Gasteiger partial charge in [0.1, 0.15) is 0 Å². The summed E-state index contributed by atoms with van der Waals surface area (Å²) in [4.78, 5) is 10.9. The zero-order valence-corrected chi connectivity index (χ0v) is 8.15. The molecule has 80 valence electrons. The van der Waals surface area contributed by atoms with Crippen molar-refractivity contribution in [1.29, 1.82) is 5.41 Å². The number of ketones is 1. The molecule has 0 amide bonds. The van der Waals surface area contributed by atoms with Gasteiger partial charge in [-0.15, -0.1) is 0 Å². The van der Waals surface area contributed by atoms with Gasteiger partial charge >= 0.3 is 5.51 Å². The minimum Gasteiger partial charge on any atom is -0.305 e. The van der Waals surface area contributed by atoms with E-state index in [-0.39, 0.29) is 22.2 Å². The maximum absolute atomic E-state index is 12.1. The van der Waals surface area contributed by atoms with Crippen molar-refractivity contribution in [1.82, 2.24) is 0 Å². The molecule has 0 unspecified atom stereocenters. The fraction of sp³-hybridized carbons (Fsp3) is 0.111. The van der Waals surface area contributed by atoms with E-state index in [9.17, 15) is 18.0 Å². The number of nitrogens with one attached hydrogen (secondary N) is 1. The van der Waals surface area contributed by atoms with Gasteiger partial charge in [-0.25, -0.2) is 0 Å². The van der Waals surface area contributed by atoms with Crippen LogP contribution < -0.4 is 0 Å². The van der Waals surface area contributed by atoms with Crippen molar-refractivity contribution in [3.8, 4) is 0 Å². The summed E-state index contributed by atoms with van der Waals surface area (Å²) in [5.41, 5.74) is -4.53. The number of benzene rings is 1. The summed E-state index contributed by atoms with van der Waals surface area (Å²) in [6.07, 6.45) is 0.496. The van der Waals surface area contributed by atoms with Gasteiger partial charge in [-0.2, -0.15) is 13.2 Å². The number of thioether (sulfide) groups is 1. The molecule has 1 aromatic carbocycles. The van der Waals surface area contributed by atoms with Crippen LogP contribution in [-0.4, -0.2) is 17.5 Å². The first-order valence-corrected chi connectivity index (χ1v) is 4.65. The van der Waals surface area contributed by atoms with Gasteiger partial charge in [0.05, 0.1) is 6.21 Å². The Labute approximate surface area is 88.0 Å². The first-order valence-electron chi connectivity index (χ1n) is 3.83. The molecule has 0 aliphatic rings. The Balaban J connectivity index is 3.07. The average molecular weight is 233 g/mol. The van der Waals surface area contributed by atoms with E-state index in [2.05, 4.69) is 0 Å². The molecule has 0 atom stereocenters. The number of hydrogen-bond acceptors (Lipinski definition) is 3. The Morgan fingerprint density at radius 2 is 1.93 bits per heavy atom. The van der Waals surface area contributed by atoms with Crippen molar-refractivity contribution >= 4 is 23.8 Å². The molecule has 0 aliphatic carbocycles. The Morgan fingerprint density at radius 1 is 1.33 bits per heavy atom. The van der Waals surface area contributed by atoms with Crippen LogP contribution in [-0.2, 0) is 0 Å². The fourth-order valence-corrected chi connectivity index (χ4v) is 1.64. The second-order valence-electron chi connectivity index (χ2n) is 2.55. The molecular formula is C9H6F3NOS. The van der Waals surface area contributed by atoms with Gasteiger partial charge in [-0.3, -0.25) is 4.79 Å². The number of carbonyl (C=O) groups is 1. The molecule has 0 heterocycles. The predicted octanol–water partition coefficient (Wildman–Crippen LogP) is 3.13. The minimum absolute atomic E-state index is 0.102. The topological polar surface area (TPSA) is 40.9 Å². The second kappa shape index (κ2) is 4.48. The highest BCUT2D eigenvalue weighted by molar-refractivity contribution is 8.00. The Hall–Kier alpha value is -1.30. The van der Waals surface area contributed by atoms with E-state index in [0.29, 0.717) is 6.21 Å². The highest BCUT2D eigenvalue weighted by Crippen LogP contribution is 2.38. The zero-order valence-electron chi connectivity index (χ0n) is 7.34. The van der Waals surface area contributed by atoms with Crippen LogP contribution in [0.5, 0.6) is 0 Å². The number of hydrogen-bond donors (Lipinski definition) is 1. The molecular weight excluding hydrogens is 227 g/mol. The summed E-state index contributed by atoms with van der Waals surface area (Å²) in [7, 11) is 0. The lowest BCUT2D eigenvalue weighted by atomic mass is 10.1. The van der Waals surface area contributed by atoms with Crippen LogP contribution in [0.15, 0.2) is 29.2 Å². The molecule has 0 aliphatic heterocycles. The fourth-order valence-electron chi connectivity index (χ4n) is 0.962. The minimum atomic E-state index is -4.43. The number of carbonyl (C=O) groups excluding carboxylic acids is 1. The Bertz CT molecular complexity index is 389. The summed E-state index contributed by atoms with van der Waals surface area (Å²) in [5.74, 6) is -0.734. The molecule has 0 spiro atoms. The van der Waals surface area contributed by atoms with Crippen LogP contribution in [0.3, 0.4) is 0 Å². The maximum atomic E-state index is 12.1. The molecule has 0 saturated carbocycles. The van der Waals surface area contributed by atoms with Crippen molar-refractivity contribution in [3.63, 3.8) is 0 Å². The highest BCUT2D eigenvalue weighted by atomic mass is 32.2. The third kappa shape index (κ3) is 3.39. The van der Waals surface area contributed by atoms with Gasteiger partial charge in [0.2, 0.25) is 5.78 Å². The van der Waals surface area contributed by atoms with Crippen LogP contribution in [0.2, 0.25) is 0 Å². The van der Waals surface area contributed by atoms with Crippen LogP contribution in [0.1, 0.15) is 10.4 Å². The summed E-state index contributed by atoms with van der Waals surface area (Å²) in [6, 6.07) is 5.34. The van der Waals surface area contributed by atoms with E-state index in [0.717, 1.165) is 0 Å². The number of alkyl halides is 3. The van der Waals surface area contributed by atoms with Crippen molar-refractivity contribution < 1.29 is 18.0 Å². The molecule has 15 heavy (non-hydrogen) atoms. The van der Waals surface area contributed by atoms with Gasteiger partial charge in [0.25, 0.3) is 0 Å². The van der Waals surface area contributed by atoms with E-state index in [1.807, 2.05) is 0 Å². The lowest BCUT2D eigenvalue weighted by Crippen LogP contribution is -2.05. The number of halogens is 3. The summed E-state index contributed by atoms with van der Waals surface area (Å²) in [6.45, 7) is 0. The van der Waals surface area contributed by atoms with Crippen molar-refractivity contribution in [3.05, 3.63) is 29.8 Å². The lowest BCUT2D eigenvalue weighted by molar-refractivity contribution is -0.0328. The number of rotatable bonds is 3. The molecule has 0 radical (unpaired) electrons. The van der Waals surface area contributed by atoms with E-state index in [1.165, 1.54) is 24.3 Å². The van der Waals surface area contributed by atoms with Gasteiger partial charge in [0, 0.05) is 10.5 Å². The van der Waals surface area contributed by atoms with Crippen molar-refractivity contribution in [2.24, 2.45) is 0 Å². The van der Waals surface area contributed by atoms with Crippen molar-refractivity contribution in [2.75, 3.05) is 0 Å². The summed E-state index contributed by atoms with van der Waals surface area (Å²) >= 11 is -0.353. The molecule has 6 heteroatoms. The zero-order chi connectivity index (χ0) is 11.5. The van der Waals surface area contributed by atoms with Gasteiger partial charge < -0.3 is 5.41 Å². The van der Waals surface area contributed by atoms with Crippen molar-refractivity contribution in [2.45, 2.75) is 10.4 Å². The Morgan fingerprint density at radius 3 is 2.47 bits per heavy atom. The maximum Gasteiger partial charge on any atom is 0.446 e. The number of Topliss-reactive ketones (excluding diaryl/α,β-unsaturated/α-hetero) is 1. The predicted molar refractivity (Wildman–Crippen MR) is 51.5 cm³/mol. The molecule has 0 saturated heterocycles. The standard InChI is InChI=1S/C9H6F3NOS/c10-9(11,12)15-8-4-2-1-3-6(8)7(14)5-13/h1-5,13H. The largest absolute Gasteiger partial charge is 0.446 e. The van der Waals surface area contributed by atoms with Gasteiger partial charge in [0.15, 0.2) is 0 Å². The van der Waals surface area contributed by atoms with Crippen LogP contribution in [0.4, 0.5) is 13.2 Å². The molecule has 2 nitrogen and oxygen atoms in total. The SMILES string of the molecule is N=CC(=O)c1ccccc1SC(F)(F)F. The first-order chi connectivity index (χ1) is 6.94. The molecule has 1 N–H and O–H groups in total. The molecule has 0 fully saturated rings. The van der Waals surface area contributed by atoms with Gasteiger partial charge in [-0.05, 0) is 23.9 Å². The van der Waals surface area contributed by atoms with E-state index < -0.39 is 11.3 Å². The van der Waals surface area contributed by atoms with Gasteiger partial charge in [-0.1, -0.05) is 12.1 Å². The van der Waals surface area contributed by atoms with E-state index in [4.69, 9.17) is 5.41 Å². The molecule has 1 aromatic rings. The summed E-state index contributed by atoms with van der Waals surface area (Å²) in [5, 5.41) is 6.71. The van der Waals surface area contributed by atoms with Crippen LogP contribution in [0, 0.1) is 5.41 Å². The van der Waals surface area contributed by atoms with Crippen LogP contribution >= 0.6 is 11.8 Å². The van der Waals surface area contributed by atoms with Crippen LogP contribution in [0.25, 0.3) is 0 Å². The summed E-state index contributed by atoms with van der Waals surface area (Å²) < 4.78 is 36.2. The quantitative estimate of drug-likeness (QED) is 0.495. The third-order valence-electron chi connectivity index (χ3n) is 1.51. The Kier molecular flexibility index (Phi) is 3.52. The van der Waals surface area contributed by atoms with E-state index >= 15 is 0 Å². The normalized spacial score (nSPS) is 11.1. The first kappa shape index (κ1) is 11.8. The monoisotopic (exact) mass is 233 g/mol. The average Bonchev–Trinajstić information content (AvgIpc) is 2.15.